The van der Waals surface area contributed by atoms with Crippen LogP contribution in [-0.2, 0) is 0 Å². The first-order valence-corrected chi connectivity index (χ1v) is 5.70. The van der Waals surface area contributed by atoms with Crippen molar-refractivity contribution in [1.29, 1.82) is 0 Å². The molecule has 3 rings (SSSR count). The number of aryl methyl sites for hydroxylation is 1. The molecule has 0 atom stereocenters. The van der Waals surface area contributed by atoms with Crippen LogP contribution in [0, 0.1) is 12.7 Å². The Balaban J connectivity index is 1.92. The monoisotopic (exact) mass is 241 g/mol. The molecule has 18 heavy (non-hydrogen) atoms. The molecule has 1 aromatic carbocycles. The van der Waals surface area contributed by atoms with Gasteiger partial charge < -0.3 is 10.3 Å². The van der Waals surface area contributed by atoms with Gasteiger partial charge in [-0.05, 0) is 42.6 Å². The number of nitrogens with one attached hydrogen (secondary N) is 2. The normalized spacial score (nSPS) is 10.8. The highest BCUT2D eigenvalue weighted by Gasteiger charge is 2.02. The number of rotatable bonds is 2. The Labute approximate surface area is 104 Å². The lowest BCUT2D eigenvalue weighted by Crippen LogP contribution is -1.96. The van der Waals surface area contributed by atoms with Crippen LogP contribution in [0.3, 0.4) is 0 Å². The van der Waals surface area contributed by atoms with Crippen LogP contribution in [0.1, 0.15) is 5.69 Å². The summed E-state index contributed by atoms with van der Waals surface area (Å²) in [6.07, 6.45) is 1.90. The van der Waals surface area contributed by atoms with E-state index in [0.717, 1.165) is 16.6 Å². The molecule has 3 nitrogen and oxygen atoms in total. The first kappa shape index (κ1) is 10.8. The van der Waals surface area contributed by atoms with Crippen molar-refractivity contribution in [2.24, 2.45) is 0 Å². The van der Waals surface area contributed by atoms with Crippen LogP contribution in [0.5, 0.6) is 0 Å². The maximum absolute atomic E-state index is 13.1. The fraction of sp³-hybridized carbons (Fsp3) is 0.0714. The summed E-state index contributed by atoms with van der Waals surface area (Å²) in [5, 5.41) is 4.31. The van der Waals surface area contributed by atoms with Crippen molar-refractivity contribution in [3.05, 3.63) is 54.1 Å². The molecule has 0 bridgehead atoms. The van der Waals surface area contributed by atoms with Crippen molar-refractivity contribution in [2.75, 3.05) is 5.32 Å². The van der Waals surface area contributed by atoms with Gasteiger partial charge in [0.05, 0.1) is 5.69 Å². The van der Waals surface area contributed by atoms with Crippen LogP contribution in [0.4, 0.5) is 15.9 Å². The van der Waals surface area contributed by atoms with Crippen LogP contribution in [-0.4, -0.2) is 9.97 Å². The summed E-state index contributed by atoms with van der Waals surface area (Å²) in [6.45, 7) is 1.65. The molecular formula is C14H12FN3. The number of fused-ring (bicyclic) bond motifs is 1. The molecule has 0 amide bonds. The van der Waals surface area contributed by atoms with Gasteiger partial charge in [0.15, 0.2) is 0 Å². The van der Waals surface area contributed by atoms with E-state index < -0.39 is 0 Å². The summed E-state index contributed by atoms with van der Waals surface area (Å²) >= 11 is 0. The van der Waals surface area contributed by atoms with E-state index in [9.17, 15) is 4.39 Å². The Morgan fingerprint density at radius 2 is 2.06 bits per heavy atom. The second-order valence-electron chi connectivity index (χ2n) is 4.17. The zero-order chi connectivity index (χ0) is 12.5. The Morgan fingerprint density at radius 3 is 2.89 bits per heavy atom. The highest BCUT2D eigenvalue weighted by atomic mass is 19.1. The second kappa shape index (κ2) is 4.14. The lowest BCUT2D eigenvalue weighted by atomic mass is 10.2. The minimum absolute atomic E-state index is 0.291. The zero-order valence-electron chi connectivity index (χ0n) is 9.87. The fourth-order valence-electron chi connectivity index (χ4n) is 1.89. The van der Waals surface area contributed by atoms with E-state index >= 15 is 0 Å². The number of pyridine rings is 1. The fourth-order valence-corrected chi connectivity index (χ4v) is 1.89. The third-order valence-corrected chi connectivity index (χ3v) is 2.85. The SMILES string of the molecule is Cc1nc(Nc2ccc3cc[nH]c3c2)ccc1F. The summed E-state index contributed by atoms with van der Waals surface area (Å²) in [5.74, 6) is 0.347. The maximum atomic E-state index is 13.1. The van der Waals surface area contributed by atoms with Crippen molar-refractivity contribution in [2.45, 2.75) is 6.92 Å². The van der Waals surface area contributed by atoms with Gasteiger partial charge in [-0.1, -0.05) is 6.07 Å². The van der Waals surface area contributed by atoms with Gasteiger partial charge in [-0.25, -0.2) is 9.37 Å². The van der Waals surface area contributed by atoms with Crippen LogP contribution >= 0.6 is 0 Å². The van der Waals surface area contributed by atoms with E-state index in [1.54, 1.807) is 13.0 Å². The minimum Gasteiger partial charge on any atom is -0.361 e. The van der Waals surface area contributed by atoms with Crippen molar-refractivity contribution in [3.8, 4) is 0 Å². The lowest BCUT2D eigenvalue weighted by Gasteiger charge is -2.06. The van der Waals surface area contributed by atoms with E-state index in [4.69, 9.17) is 0 Å². The predicted molar refractivity (Wildman–Crippen MR) is 70.5 cm³/mol. The van der Waals surface area contributed by atoms with Gasteiger partial charge in [-0.3, -0.25) is 0 Å². The summed E-state index contributed by atoms with van der Waals surface area (Å²) < 4.78 is 13.1. The van der Waals surface area contributed by atoms with Crippen molar-refractivity contribution >= 4 is 22.4 Å². The lowest BCUT2D eigenvalue weighted by molar-refractivity contribution is 0.610. The van der Waals surface area contributed by atoms with E-state index in [2.05, 4.69) is 15.3 Å². The average Bonchev–Trinajstić information content (AvgIpc) is 2.81. The van der Waals surface area contributed by atoms with Gasteiger partial charge in [-0.15, -0.1) is 0 Å². The summed E-state index contributed by atoms with van der Waals surface area (Å²) in [4.78, 5) is 7.29. The minimum atomic E-state index is -0.291. The molecule has 0 saturated heterocycles. The third-order valence-electron chi connectivity index (χ3n) is 2.85. The molecular weight excluding hydrogens is 229 g/mol. The van der Waals surface area contributed by atoms with Crippen molar-refractivity contribution < 1.29 is 4.39 Å². The Hall–Kier alpha value is -2.36. The Morgan fingerprint density at radius 1 is 1.17 bits per heavy atom. The van der Waals surface area contributed by atoms with Gasteiger partial charge >= 0.3 is 0 Å². The van der Waals surface area contributed by atoms with E-state index in [1.165, 1.54) is 6.07 Å². The number of nitrogens with zero attached hydrogens (tertiary/aromatic N) is 1. The Bertz CT molecular complexity index is 703. The van der Waals surface area contributed by atoms with Crippen LogP contribution in [0.25, 0.3) is 10.9 Å². The third kappa shape index (κ3) is 1.93. The van der Waals surface area contributed by atoms with Crippen molar-refractivity contribution in [1.82, 2.24) is 9.97 Å². The number of aromatic amines is 1. The van der Waals surface area contributed by atoms with Gasteiger partial charge in [0.1, 0.15) is 11.6 Å². The molecule has 0 unspecified atom stereocenters. The molecule has 0 aliphatic carbocycles. The standard InChI is InChI=1S/C14H12FN3/c1-9-12(15)4-5-14(17-9)18-11-3-2-10-6-7-16-13(10)8-11/h2-8,16H,1H3,(H,17,18). The molecule has 2 heterocycles. The summed E-state index contributed by atoms with van der Waals surface area (Å²) in [7, 11) is 0. The summed E-state index contributed by atoms with van der Waals surface area (Å²) in [6, 6.07) is 11.0. The predicted octanol–water partition coefficient (Wildman–Crippen LogP) is 3.75. The Kier molecular flexibility index (Phi) is 2.48. The topological polar surface area (TPSA) is 40.7 Å². The first-order valence-electron chi connectivity index (χ1n) is 5.70. The number of aromatic nitrogens is 2. The number of hydrogen-bond donors (Lipinski definition) is 2. The zero-order valence-corrected chi connectivity index (χ0v) is 9.87. The van der Waals surface area contributed by atoms with Gasteiger partial charge in [-0.2, -0.15) is 0 Å². The van der Waals surface area contributed by atoms with Crippen molar-refractivity contribution in [3.63, 3.8) is 0 Å². The van der Waals surface area contributed by atoms with Gasteiger partial charge in [0.25, 0.3) is 0 Å². The summed E-state index contributed by atoms with van der Waals surface area (Å²) in [5.41, 5.74) is 2.36. The molecule has 0 aliphatic heterocycles. The second-order valence-corrected chi connectivity index (χ2v) is 4.17. The number of benzene rings is 1. The largest absolute Gasteiger partial charge is 0.361 e. The van der Waals surface area contributed by atoms with E-state index in [-0.39, 0.29) is 5.82 Å². The molecule has 0 aliphatic rings. The smallest absolute Gasteiger partial charge is 0.144 e. The van der Waals surface area contributed by atoms with Gasteiger partial charge in [0.2, 0.25) is 0 Å². The average molecular weight is 241 g/mol. The molecule has 3 aromatic rings. The molecule has 2 aromatic heterocycles. The molecule has 0 fully saturated rings. The molecule has 0 radical (unpaired) electrons. The molecule has 2 N–H and O–H groups in total. The molecule has 0 spiro atoms. The molecule has 4 heteroatoms. The number of halogens is 1. The maximum Gasteiger partial charge on any atom is 0.144 e. The number of anilines is 2. The molecule has 90 valence electrons. The number of hydrogen-bond acceptors (Lipinski definition) is 2. The molecule has 0 saturated carbocycles. The first-order chi connectivity index (χ1) is 8.72. The van der Waals surface area contributed by atoms with E-state index in [1.807, 2.05) is 30.5 Å². The number of H-pyrrole nitrogens is 1. The highest BCUT2D eigenvalue weighted by molar-refractivity contribution is 5.83. The highest BCUT2D eigenvalue weighted by Crippen LogP contribution is 2.21. The van der Waals surface area contributed by atoms with Crippen LogP contribution in [0.15, 0.2) is 42.6 Å². The quantitative estimate of drug-likeness (QED) is 0.717. The van der Waals surface area contributed by atoms with E-state index in [0.29, 0.717) is 11.5 Å². The van der Waals surface area contributed by atoms with Gasteiger partial charge in [0, 0.05) is 17.4 Å². The van der Waals surface area contributed by atoms with Crippen LogP contribution < -0.4 is 5.32 Å². The van der Waals surface area contributed by atoms with Crippen LogP contribution in [0.2, 0.25) is 0 Å².